The number of hydrogen-bond donors (Lipinski definition) is 1. The first-order valence-corrected chi connectivity index (χ1v) is 7.56. The van der Waals surface area contributed by atoms with Gasteiger partial charge in [0, 0.05) is 5.69 Å². The zero-order valence-corrected chi connectivity index (χ0v) is 11.3. The average molecular weight is 271 g/mol. The maximum absolute atomic E-state index is 11.6. The Morgan fingerprint density at radius 3 is 2.72 bits per heavy atom. The number of nitrogens with one attached hydrogen (secondary N) is 1. The third-order valence-corrected chi connectivity index (χ3v) is 2.74. The van der Waals surface area contributed by atoms with Gasteiger partial charge in [-0.15, -0.1) is 0 Å². The summed E-state index contributed by atoms with van der Waals surface area (Å²) >= 11 is 0. The molecule has 18 heavy (non-hydrogen) atoms. The van der Waals surface area contributed by atoms with Crippen LogP contribution in [0.25, 0.3) is 0 Å². The second kappa shape index (κ2) is 6.39. The first-order chi connectivity index (χ1) is 8.42. The van der Waals surface area contributed by atoms with Gasteiger partial charge in [0.1, 0.15) is 0 Å². The minimum absolute atomic E-state index is 0.333. The van der Waals surface area contributed by atoms with Crippen LogP contribution >= 0.6 is 0 Å². The summed E-state index contributed by atoms with van der Waals surface area (Å²) in [6.07, 6.45) is 2.81. The van der Waals surface area contributed by atoms with E-state index in [2.05, 4.69) is 4.72 Å². The molecule has 0 heterocycles. The molecule has 0 spiro atoms. The number of benzene rings is 1. The van der Waals surface area contributed by atoms with Gasteiger partial charge in [-0.1, -0.05) is 19.4 Å². The van der Waals surface area contributed by atoms with Crippen LogP contribution in [-0.4, -0.2) is 27.2 Å². The van der Waals surface area contributed by atoms with Gasteiger partial charge in [0.15, 0.2) is 0 Å². The molecule has 0 unspecified atom stereocenters. The van der Waals surface area contributed by atoms with Crippen LogP contribution in [0.2, 0.25) is 0 Å². The molecular formula is C12H17NO4S. The summed E-state index contributed by atoms with van der Waals surface area (Å²) in [5.41, 5.74) is 0.683. The minimum Gasteiger partial charge on any atom is -0.462 e. The molecule has 0 radical (unpaired) electrons. The highest BCUT2D eigenvalue weighted by Crippen LogP contribution is 2.13. The van der Waals surface area contributed by atoms with Gasteiger partial charge in [0.05, 0.1) is 18.4 Å². The number of sulfonamides is 1. The molecule has 0 aromatic heterocycles. The van der Waals surface area contributed by atoms with Crippen LogP contribution in [0.3, 0.4) is 0 Å². The monoisotopic (exact) mass is 271 g/mol. The highest BCUT2D eigenvalue weighted by molar-refractivity contribution is 7.92. The Morgan fingerprint density at radius 1 is 1.39 bits per heavy atom. The fourth-order valence-electron chi connectivity index (χ4n) is 1.32. The molecule has 0 amide bonds. The van der Waals surface area contributed by atoms with Crippen molar-refractivity contribution in [3.63, 3.8) is 0 Å². The van der Waals surface area contributed by atoms with Crippen LogP contribution in [0.15, 0.2) is 24.3 Å². The van der Waals surface area contributed by atoms with Gasteiger partial charge in [-0.05, 0) is 24.6 Å². The Kier molecular flexibility index (Phi) is 5.15. The molecule has 1 aromatic rings. The number of carbonyl (C=O) groups excluding carboxylic acids is 1. The number of carbonyl (C=O) groups is 1. The lowest BCUT2D eigenvalue weighted by molar-refractivity contribution is 0.0500. The Hall–Kier alpha value is -1.56. The van der Waals surface area contributed by atoms with Crippen LogP contribution in [0.4, 0.5) is 5.69 Å². The largest absolute Gasteiger partial charge is 0.462 e. The van der Waals surface area contributed by atoms with E-state index in [9.17, 15) is 13.2 Å². The predicted molar refractivity (Wildman–Crippen MR) is 70.1 cm³/mol. The predicted octanol–water partition coefficient (Wildman–Crippen LogP) is 2.02. The second-order valence-corrected chi connectivity index (χ2v) is 5.69. The molecule has 0 aliphatic rings. The number of hydrogen-bond acceptors (Lipinski definition) is 4. The van der Waals surface area contributed by atoms with E-state index in [1.54, 1.807) is 18.2 Å². The molecule has 0 bridgehead atoms. The Bertz CT molecular complexity index is 511. The van der Waals surface area contributed by atoms with Gasteiger partial charge in [0.2, 0.25) is 10.0 Å². The van der Waals surface area contributed by atoms with E-state index in [4.69, 9.17) is 4.74 Å². The lowest BCUT2D eigenvalue weighted by Gasteiger charge is -2.07. The number of unbranched alkanes of at least 4 members (excludes halogenated alkanes) is 1. The number of esters is 1. The molecular weight excluding hydrogens is 254 g/mol. The van der Waals surface area contributed by atoms with Crippen molar-refractivity contribution in [3.8, 4) is 0 Å². The molecule has 6 heteroatoms. The molecule has 1 aromatic carbocycles. The van der Waals surface area contributed by atoms with Crippen LogP contribution in [0, 0.1) is 0 Å². The number of rotatable bonds is 6. The summed E-state index contributed by atoms with van der Waals surface area (Å²) in [6.45, 7) is 2.38. The van der Waals surface area contributed by atoms with Crippen molar-refractivity contribution in [2.75, 3.05) is 17.6 Å². The number of anilines is 1. The van der Waals surface area contributed by atoms with Crippen molar-refractivity contribution in [2.24, 2.45) is 0 Å². The van der Waals surface area contributed by atoms with E-state index in [1.165, 1.54) is 6.07 Å². The smallest absolute Gasteiger partial charge is 0.338 e. The third-order valence-electron chi connectivity index (χ3n) is 2.13. The van der Waals surface area contributed by atoms with E-state index < -0.39 is 16.0 Å². The molecule has 0 atom stereocenters. The van der Waals surface area contributed by atoms with Gasteiger partial charge < -0.3 is 4.74 Å². The standard InChI is InChI=1S/C12H17NO4S/c1-3-4-8-17-12(14)10-6-5-7-11(9-10)13-18(2,15)16/h5-7,9,13H,3-4,8H2,1-2H3. The summed E-state index contributed by atoms with van der Waals surface area (Å²) in [4.78, 5) is 11.6. The first-order valence-electron chi connectivity index (χ1n) is 5.67. The van der Waals surface area contributed by atoms with Gasteiger partial charge in [-0.25, -0.2) is 13.2 Å². The van der Waals surface area contributed by atoms with Gasteiger partial charge in [-0.2, -0.15) is 0 Å². The van der Waals surface area contributed by atoms with Gasteiger partial charge >= 0.3 is 5.97 Å². The molecule has 0 fully saturated rings. The van der Waals surface area contributed by atoms with E-state index in [-0.39, 0.29) is 0 Å². The quantitative estimate of drug-likeness (QED) is 0.634. The second-order valence-electron chi connectivity index (χ2n) is 3.94. The van der Waals surface area contributed by atoms with Crippen LogP contribution in [-0.2, 0) is 14.8 Å². The fraction of sp³-hybridized carbons (Fsp3) is 0.417. The van der Waals surface area contributed by atoms with E-state index in [1.807, 2.05) is 6.92 Å². The average Bonchev–Trinajstić information content (AvgIpc) is 2.27. The molecule has 1 N–H and O–H groups in total. The maximum atomic E-state index is 11.6. The first kappa shape index (κ1) is 14.5. The minimum atomic E-state index is -3.34. The van der Waals surface area contributed by atoms with Crippen molar-refractivity contribution in [2.45, 2.75) is 19.8 Å². The van der Waals surface area contributed by atoms with Crippen LogP contribution in [0.1, 0.15) is 30.1 Å². The number of ether oxygens (including phenoxy) is 1. The summed E-state index contributed by atoms with van der Waals surface area (Å²) in [5.74, 6) is -0.444. The van der Waals surface area contributed by atoms with Crippen LogP contribution in [0.5, 0.6) is 0 Å². The zero-order valence-electron chi connectivity index (χ0n) is 10.5. The van der Waals surface area contributed by atoms with E-state index in [0.29, 0.717) is 17.9 Å². The van der Waals surface area contributed by atoms with Crippen molar-refractivity contribution < 1.29 is 17.9 Å². The van der Waals surface area contributed by atoms with E-state index in [0.717, 1.165) is 19.1 Å². The van der Waals surface area contributed by atoms with Crippen molar-refractivity contribution in [1.29, 1.82) is 0 Å². The Labute approximate surface area is 107 Å². The van der Waals surface area contributed by atoms with E-state index >= 15 is 0 Å². The van der Waals surface area contributed by atoms with Crippen molar-refractivity contribution >= 4 is 21.7 Å². The molecule has 0 aliphatic carbocycles. The molecule has 100 valence electrons. The highest BCUT2D eigenvalue weighted by atomic mass is 32.2. The Balaban J connectivity index is 2.72. The normalized spacial score (nSPS) is 11.0. The summed E-state index contributed by atoms with van der Waals surface area (Å²) < 4.78 is 29.5. The third kappa shape index (κ3) is 5.18. The summed E-state index contributed by atoms with van der Waals surface area (Å²) in [7, 11) is -3.34. The summed E-state index contributed by atoms with van der Waals surface area (Å²) in [5, 5.41) is 0. The Morgan fingerprint density at radius 2 is 2.11 bits per heavy atom. The molecule has 5 nitrogen and oxygen atoms in total. The highest BCUT2D eigenvalue weighted by Gasteiger charge is 2.09. The summed E-state index contributed by atoms with van der Waals surface area (Å²) in [6, 6.07) is 6.21. The van der Waals surface area contributed by atoms with Crippen LogP contribution < -0.4 is 4.72 Å². The van der Waals surface area contributed by atoms with Gasteiger partial charge in [-0.3, -0.25) is 4.72 Å². The SMILES string of the molecule is CCCCOC(=O)c1cccc(NS(C)(=O)=O)c1. The van der Waals surface area contributed by atoms with Gasteiger partial charge in [0.25, 0.3) is 0 Å². The maximum Gasteiger partial charge on any atom is 0.338 e. The zero-order chi connectivity index (χ0) is 13.6. The lowest BCUT2D eigenvalue weighted by atomic mass is 10.2. The fourth-order valence-corrected chi connectivity index (χ4v) is 1.87. The molecule has 0 saturated heterocycles. The van der Waals surface area contributed by atoms with Crippen molar-refractivity contribution in [1.82, 2.24) is 0 Å². The molecule has 0 saturated carbocycles. The lowest BCUT2D eigenvalue weighted by Crippen LogP contribution is -2.11. The molecule has 0 aliphatic heterocycles. The topological polar surface area (TPSA) is 72.5 Å². The van der Waals surface area contributed by atoms with Crippen molar-refractivity contribution in [3.05, 3.63) is 29.8 Å². The molecule has 1 rings (SSSR count).